The molecule has 9 heteroatoms. The molecule has 0 amide bonds. The van der Waals surface area contributed by atoms with Gasteiger partial charge in [0.25, 0.3) is 0 Å². The van der Waals surface area contributed by atoms with Crippen LogP contribution < -0.4 is 22.9 Å². The number of hydrogen-bond donors (Lipinski definition) is 6. The molecule has 0 aliphatic rings. The number of nitrogen functional groups attached to an aromatic ring is 4. The summed E-state index contributed by atoms with van der Waals surface area (Å²) in [5.41, 5.74) is 25.6. The molecule has 4 rings (SSSR count). The van der Waals surface area contributed by atoms with Gasteiger partial charge in [-0.1, -0.05) is 60.7 Å². The van der Waals surface area contributed by atoms with Gasteiger partial charge in [-0.05, 0) is 22.9 Å². The zero-order valence-electron chi connectivity index (χ0n) is 15.4. The van der Waals surface area contributed by atoms with E-state index in [4.69, 9.17) is 40.5 Å². The highest BCUT2D eigenvalue weighted by Crippen LogP contribution is 2.26. The summed E-state index contributed by atoms with van der Waals surface area (Å²) in [7, 11) is -4.67. The Kier molecular flexibility index (Phi) is 6.84. The Balaban J connectivity index is 0.000000170. The van der Waals surface area contributed by atoms with Crippen molar-refractivity contribution in [2.24, 2.45) is 0 Å². The van der Waals surface area contributed by atoms with Gasteiger partial charge in [-0.2, -0.15) is 8.42 Å². The molecule has 0 spiro atoms. The van der Waals surface area contributed by atoms with Crippen LogP contribution in [-0.4, -0.2) is 17.5 Å². The second-order valence-corrected chi connectivity index (χ2v) is 6.92. The van der Waals surface area contributed by atoms with Gasteiger partial charge in [-0.25, -0.2) is 0 Å². The van der Waals surface area contributed by atoms with Gasteiger partial charge in [0.2, 0.25) is 0 Å². The van der Waals surface area contributed by atoms with Crippen molar-refractivity contribution < 1.29 is 17.5 Å². The van der Waals surface area contributed by atoms with Gasteiger partial charge in [-0.15, -0.1) is 0 Å². The molecular formula is C20H22N4O4S. The molecule has 0 radical (unpaired) electrons. The Labute approximate surface area is 168 Å². The van der Waals surface area contributed by atoms with E-state index < -0.39 is 10.4 Å². The zero-order valence-corrected chi connectivity index (χ0v) is 16.2. The van der Waals surface area contributed by atoms with Crippen molar-refractivity contribution in [3.63, 3.8) is 0 Å². The van der Waals surface area contributed by atoms with Crippen LogP contribution in [0.2, 0.25) is 0 Å². The summed E-state index contributed by atoms with van der Waals surface area (Å²) in [5, 5.41) is 4.31. The maximum Gasteiger partial charge on any atom is 0.394 e. The van der Waals surface area contributed by atoms with Crippen LogP contribution in [0.3, 0.4) is 0 Å². The van der Waals surface area contributed by atoms with Gasteiger partial charge in [0.05, 0.1) is 22.7 Å². The molecule has 0 saturated heterocycles. The van der Waals surface area contributed by atoms with Gasteiger partial charge in [0.15, 0.2) is 0 Å². The van der Waals surface area contributed by atoms with E-state index in [-0.39, 0.29) is 0 Å². The number of fused-ring (bicyclic) bond motifs is 2. The van der Waals surface area contributed by atoms with Crippen LogP contribution in [0.1, 0.15) is 0 Å². The molecule has 152 valence electrons. The van der Waals surface area contributed by atoms with Crippen LogP contribution in [0.15, 0.2) is 72.8 Å². The minimum absolute atomic E-state index is 0.647. The lowest BCUT2D eigenvalue weighted by Crippen LogP contribution is -1.94. The Hall–Kier alpha value is -3.53. The van der Waals surface area contributed by atoms with E-state index in [1.54, 1.807) is 0 Å². The van der Waals surface area contributed by atoms with Gasteiger partial charge < -0.3 is 22.9 Å². The fourth-order valence-electron chi connectivity index (χ4n) is 2.62. The van der Waals surface area contributed by atoms with Crippen LogP contribution in [0.5, 0.6) is 0 Å². The van der Waals surface area contributed by atoms with Gasteiger partial charge >= 0.3 is 10.4 Å². The van der Waals surface area contributed by atoms with E-state index in [9.17, 15) is 0 Å². The van der Waals surface area contributed by atoms with Gasteiger partial charge in [-0.3, -0.25) is 9.11 Å². The maximum absolute atomic E-state index is 8.74. The highest BCUT2D eigenvalue weighted by molar-refractivity contribution is 7.79. The minimum atomic E-state index is -4.67. The summed E-state index contributed by atoms with van der Waals surface area (Å²) in [6, 6.07) is 23.5. The van der Waals surface area contributed by atoms with Crippen molar-refractivity contribution in [1.29, 1.82) is 0 Å². The topological polar surface area (TPSA) is 179 Å². The average Bonchev–Trinajstić information content (AvgIpc) is 2.67. The van der Waals surface area contributed by atoms with Crippen molar-refractivity contribution in [3.8, 4) is 0 Å². The summed E-state index contributed by atoms with van der Waals surface area (Å²) in [6.45, 7) is 0. The second-order valence-electron chi connectivity index (χ2n) is 6.03. The Bertz CT molecular complexity index is 1150. The third kappa shape index (κ3) is 6.25. The number of anilines is 4. The van der Waals surface area contributed by atoms with Crippen LogP contribution in [0.25, 0.3) is 21.5 Å². The third-order valence-electron chi connectivity index (χ3n) is 4.01. The van der Waals surface area contributed by atoms with E-state index in [1.807, 2.05) is 72.8 Å². The van der Waals surface area contributed by atoms with Crippen LogP contribution in [0, 0.1) is 0 Å². The van der Waals surface area contributed by atoms with Gasteiger partial charge in [0.1, 0.15) is 0 Å². The quantitative estimate of drug-likeness (QED) is 0.187. The van der Waals surface area contributed by atoms with Crippen molar-refractivity contribution in [2.75, 3.05) is 22.9 Å². The molecule has 0 aliphatic heterocycles. The highest BCUT2D eigenvalue weighted by Gasteiger charge is 1.99. The Morgan fingerprint density at radius 1 is 0.552 bits per heavy atom. The summed E-state index contributed by atoms with van der Waals surface area (Å²) in [6.07, 6.45) is 0. The van der Waals surface area contributed by atoms with Crippen LogP contribution in [0.4, 0.5) is 22.7 Å². The maximum atomic E-state index is 8.74. The smallest absolute Gasteiger partial charge is 0.394 e. The lowest BCUT2D eigenvalue weighted by molar-refractivity contribution is 0.381. The van der Waals surface area contributed by atoms with E-state index >= 15 is 0 Å². The summed E-state index contributed by atoms with van der Waals surface area (Å²) < 4.78 is 31.6. The lowest BCUT2D eigenvalue weighted by atomic mass is 10.1. The number of rotatable bonds is 0. The van der Waals surface area contributed by atoms with Crippen LogP contribution >= 0.6 is 0 Å². The number of hydrogen-bond acceptors (Lipinski definition) is 6. The van der Waals surface area contributed by atoms with Crippen molar-refractivity contribution in [2.45, 2.75) is 0 Å². The first-order valence-corrected chi connectivity index (χ1v) is 9.73. The first kappa shape index (κ1) is 21.8. The van der Waals surface area contributed by atoms with Crippen molar-refractivity contribution in [3.05, 3.63) is 72.8 Å². The van der Waals surface area contributed by atoms with E-state index in [0.29, 0.717) is 22.7 Å². The van der Waals surface area contributed by atoms with E-state index in [1.165, 1.54) is 0 Å². The summed E-state index contributed by atoms with van der Waals surface area (Å²) >= 11 is 0. The van der Waals surface area contributed by atoms with Gasteiger partial charge in [0, 0.05) is 10.8 Å². The molecule has 4 aromatic carbocycles. The molecule has 0 aromatic heterocycles. The monoisotopic (exact) mass is 414 g/mol. The fraction of sp³-hybridized carbons (Fsp3) is 0. The normalized spacial score (nSPS) is 10.6. The first-order chi connectivity index (χ1) is 13.6. The molecule has 0 atom stereocenters. The second kappa shape index (κ2) is 9.11. The largest absolute Gasteiger partial charge is 0.397 e. The average molecular weight is 414 g/mol. The summed E-state index contributed by atoms with van der Waals surface area (Å²) in [5.74, 6) is 0. The predicted octanol–water partition coefficient (Wildman–Crippen LogP) is 3.36. The highest BCUT2D eigenvalue weighted by atomic mass is 32.3. The molecule has 0 bridgehead atoms. The summed E-state index contributed by atoms with van der Waals surface area (Å²) in [4.78, 5) is 0. The first-order valence-electron chi connectivity index (χ1n) is 8.33. The Morgan fingerprint density at radius 2 is 0.862 bits per heavy atom. The molecule has 0 aliphatic carbocycles. The fourth-order valence-corrected chi connectivity index (χ4v) is 2.62. The third-order valence-corrected chi connectivity index (χ3v) is 4.01. The molecule has 29 heavy (non-hydrogen) atoms. The SMILES string of the molecule is Nc1ccc2ccccc2c1N.Nc1ccc2ccccc2c1N.O=S(=O)(O)O. The van der Waals surface area contributed by atoms with Crippen molar-refractivity contribution in [1.82, 2.24) is 0 Å². The Morgan fingerprint density at radius 3 is 1.21 bits per heavy atom. The molecule has 0 saturated carbocycles. The zero-order chi connectivity index (χ0) is 21.6. The molecule has 10 N–H and O–H groups in total. The molecule has 0 heterocycles. The standard InChI is InChI=1S/2C10H10N2.H2O4S/c2*11-9-6-5-7-3-1-2-4-8(7)10(9)12;1-5(2,3)4/h2*1-6H,11-12H2;(H2,1,2,3,4). The van der Waals surface area contributed by atoms with E-state index in [0.717, 1.165) is 21.5 Å². The molecule has 0 unspecified atom stereocenters. The minimum Gasteiger partial charge on any atom is -0.397 e. The number of nitrogens with two attached hydrogens (primary N) is 4. The number of benzene rings is 4. The van der Waals surface area contributed by atoms with E-state index in [2.05, 4.69) is 0 Å². The van der Waals surface area contributed by atoms with Crippen LogP contribution in [-0.2, 0) is 10.4 Å². The molecule has 4 aromatic rings. The lowest BCUT2D eigenvalue weighted by Gasteiger charge is -2.03. The predicted molar refractivity (Wildman–Crippen MR) is 120 cm³/mol. The van der Waals surface area contributed by atoms with Crippen molar-refractivity contribution >= 4 is 54.7 Å². The molecule has 0 fully saturated rings. The molecular weight excluding hydrogens is 392 g/mol. The molecule has 8 nitrogen and oxygen atoms in total.